The van der Waals surface area contributed by atoms with Gasteiger partial charge in [-0.3, -0.25) is 0 Å². The van der Waals surface area contributed by atoms with Gasteiger partial charge in [-0.05, 0) is 37.5 Å². The van der Waals surface area contributed by atoms with Gasteiger partial charge in [0.1, 0.15) is 0 Å². The predicted octanol–water partition coefficient (Wildman–Crippen LogP) is 4.05. The number of halogens is 3. The highest BCUT2D eigenvalue weighted by molar-refractivity contribution is 5.26. The van der Waals surface area contributed by atoms with Gasteiger partial charge in [-0.1, -0.05) is 31.4 Å². The van der Waals surface area contributed by atoms with Crippen LogP contribution in [0.3, 0.4) is 0 Å². The standard InChI is InChI=1S/C16H22F3NO/c1-12(20-11-15(21)9-3-2-4-10-15)13-5-7-14(8-6-13)16(17,18)19/h5-8,12,20-21H,2-4,9-11H2,1H3. The maximum atomic E-state index is 12.5. The number of hydrogen-bond acceptors (Lipinski definition) is 2. The first-order valence-corrected chi connectivity index (χ1v) is 7.43. The van der Waals surface area contributed by atoms with Crippen LogP contribution in [0.1, 0.15) is 56.2 Å². The molecule has 2 nitrogen and oxygen atoms in total. The van der Waals surface area contributed by atoms with Crippen molar-refractivity contribution in [2.75, 3.05) is 6.54 Å². The molecule has 0 bridgehead atoms. The SMILES string of the molecule is CC(NCC1(O)CCCCC1)c1ccc(C(F)(F)F)cc1. The van der Waals surface area contributed by atoms with Crippen molar-refractivity contribution in [3.8, 4) is 0 Å². The van der Waals surface area contributed by atoms with Gasteiger partial charge in [0.05, 0.1) is 11.2 Å². The van der Waals surface area contributed by atoms with Crippen molar-refractivity contribution in [3.63, 3.8) is 0 Å². The minimum atomic E-state index is -4.30. The molecule has 2 N–H and O–H groups in total. The van der Waals surface area contributed by atoms with E-state index in [1.807, 2.05) is 6.92 Å². The van der Waals surface area contributed by atoms with Crippen LogP contribution in [0.15, 0.2) is 24.3 Å². The smallest absolute Gasteiger partial charge is 0.389 e. The molecule has 0 heterocycles. The topological polar surface area (TPSA) is 32.3 Å². The van der Waals surface area contributed by atoms with Crippen molar-refractivity contribution in [2.24, 2.45) is 0 Å². The van der Waals surface area contributed by atoms with Crippen LogP contribution in [-0.4, -0.2) is 17.3 Å². The van der Waals surface area contributed by atoms with E-state index in [0.29, 0.717) is 6.54 Å². The molecule has 118 valence electrons. The molecule has 1 aliphatic rings. The molecule has 1 fully saturated rings. The normalized spacial score (nSPS) is 20.2. The molecule has 0 amide bonds. The molecule has 1 aliphatic carbocycles. The third-order valence-corrected chi connectivity index (χ3v) is 4.26. The number of hydrogen-bond donors (Lipinski definition) is 2. The van der Waals surface area contributed by atoms with Crippen LogP contribution in [0.2, 0.25) is 0 Å². The lowest BCUT2D eigenvalue weighted by Crippen LogP contribution is -2.42. The van der Waals surface area contributed by atoms with E-state index >= 15 is 0 Å². The molecular weight excluding hydrogens is 279 g/mol. The van der Waals surface area contributed by atoms with Crippen molar-refractivity contribution >= 4 is 0 Å². The Morgan fingerprint density at radius 1 is 1.14 bits per heavy atom. The van der Waals surface area contributed by atoms with Crippen LogP contribution in [0.4, 0.5) is 13.2 Å². The molecule has 0 radical (unpaired) electrons. The first kappa shape index (κ1) is 16.3. The third kappa shape index (κ3) is 4.45. The van der Waals surface area contributed by atoms with Crippen molar-refractivity contribution in [1.29, 1.82) is 0 Å². The lowest BCUT2D eigenvalue weighted by molar-refractivity contribution is -0.137. The van der Waals surface area contributed by atoms with Crippen LogP contribution >= 0.6 is 0 Å². The summed E-state index contributed by atoms with van der Waals surface area (Å²) in [5, 5.41) is 13.6. The van der Waals surface area contributed by atoms with Gasteiger partial charge in [-0.25, -0.2) is 0 Å². The highest BCUT2D eigenvalue weighted by Gasteiger charge is 2.31. The van der Waals surface area contributed by atoms with E-state index in [1.54, 1.807) is 0 Å². The molecule has 5 heteroatoms. The van der Waals surface area contributed by atoms with Crippen molar-refractivity contribution in [2.45, 2.75) is 56.8 Å². The van der Waals surface area contributed by atoms with Crippen LogP contribution in [0, 0.1) is 0 Å². The summed E-state index contributed by atoms with van der Waals surface area (Å²) in [5.41, 5.74) is -0.509. The zero-order chi connectivity index (χ0) is 15.5. The van der Waals surface area contributed by atoms with Crippen molar-refractivity contribution in [3.05, 3.63) is 35.4 Å². The Kier molecular flexibility index (Phi) is 4.94. The first-order valence-electron chi connectivity index (χ1n) is 7.43. The number of rotatable bonds is 4. The van der Waals surface area contributed by atoms with E-state index in [9.17, 15) is 18.3 Å². The summed E-state index contributed by atoms with van der Waals surface area (Å²) in [7, 11) is 0. The highest BCUT2D eigenvalue weighted by atomic mass is 19.4. The molecule has 0 spiro atoms. The number of alkyl halides is 3. The summed E-state index contributed by atoms with van der Waals surface area (Å²) in [5.74, 6) is 0. The van der Waals surface area contributed by atoms with Gasteiger partial charge in [0.25, 0.3) is 0 Å². The van der Waals surface area contributed by atoms with Crippen LogP contribution in [0.25, 0.3) is 0 Å². The average molecular weight is 301 g/mol. The van der Waals surface area contributed by atoms with E-state index in [2.05, 4.69) is 5.32 Å². The van der Waals surface area contributed by atoms with E-state index in [4.69, 9.17) is 0 Å². The summed E-state index contributed by atoms with van der Waals surface area (Å²) in [6, 6.07) is 5.10. The second-order valence-corrected chi connectivity index (χ2v) is 6.01. The largest absolute Gasteiger partial charge is 0.416 e. The maximum absolute atomic E-state index is 12.5. The van der Waals surface area contributed by atoms with Crippen molar-refractivity contribution in [1.82, 2.24) is 5.32 Å². The summed E-state index contributed by atoms with van der Waals surface area (Å²) in [6.07, 6.45) is 0.516. The Hall–Kier alpha value is -1.07. The van der Waals surface area contributed by atoms with Gasteiger partial charge in [-0.15, -0.1) is 0 Å². The molecule has 21 heavy (non-hydrogen) atoms. The molecule has 1 aromatic rings. The van der Waals surface area contributed by atoms with Gasteiger partial charge in [0, 0.05) is 12.6 Å². The molecule has 0 aliphatic heterocycles. The molecule has 2 rings (SSSR count). The molecule has 1 unspecified atom stereocenters. The van der Waals surface area contributed by atoms with E-state index < -0.39 is 17.3 Å². The van der Waals surface area contributed by atoms with Gasteiger partial charge in [0.15, 0.2) is 0 Å². The maximum Gasteiger partial charge on any atom is 0.416 e. The Morgan fingerprint density at radius 3 is 2.24 bits per heavy atom. The second-order valence-electron chi connectivity index (χ2n) is 6.01. The zero-order valence-electron chi connectivity index (χ0n) is 12.2. The molecular formula is C16H22F3NO. The van der Waals surface area contributed by atoms with E-state index in [0.717, 1.165) is 49.8 Å². The fourth-order valence-electron chi connectivity index (χ4n) is 2.81. The molecule has 0 saturated heterocycles. The fourth-order valence-corrected chi connectivity index (χ4v) is 2.81. The molecule has 1 aromatic carbocycles. The van der Waals surface area contributed by atoms with Crippen LogP contribution in [0.5, 0.6) is 0 Å². The predicted molar refractivity (Wildman–Crippen MR) is 75.9 cm³/mol. The Balaban J connectivity index is 1.92. The Labute approximate surface area is 123 Å². The molecule has 1 atom stereocenters. The summed E-state index contributed by atoms with van der Waals surface area (Å²) in [4.78, 5) is 0. The number of nitrogens with one attached hydrogen (secondary N) is 1. The number of aliphatic hydroxyl groups is 1. The summed E-state index contributed by atoms with van der Waals surface area (Å²) in [6.45, 7) is 2.38. The lowest BCUT2D eigenvalue weighted by atomic mass is 9.84. The number of benzene rings is 1. The minimum absolute atomic E-state index is 0.0850. The zero-order valence-corrected chi connectivity index (χ0v) is 12.2. The third-order valence-electron chi connectivity index (χ3n) is 4.26. The molecule has 0 aromatic heterocycles. The Morgan fingerprint density at radius 2 is 1.71 bits per heavy atom. The van der Waals surface area contributed by atoms with Crippen LogP contribution < -0.4 is 5.32 Å². The summed E-state index contributed by atoms with van der Waals surface area (Å²) < 4.78 is 37.5. The van der Waals surface area contributed by atoms with E-state index in [-0.39, 0.29) is 6.04 Å². The van der Waals surface area contributed by atoms with Gasteiger partial charge >= 0.3 is 6.18 Å². The van der Waals surface area contributed by atoms with Gasteiger partial charge in [0.2, 0.25) is 0 Å². The summed E-state index contributed by atoms with van der Waals surface area (Å²) >= 11 is 0. The monoisotopic (exact) mass is 301 g/mol. The quantitative estimate of drug-likeness (QED) is 0.879. The fraction of sp³-hybridized carbons (Fsp3) is 0.625. The van der Waals surface area contributed by atoms with E-state index in [1.165, 1.54) is 12.1 Å². The minimum Gasteiger partial charge on any atom is -0.389 e. The molecule has 1 saturated carbocycles. The highest BCUT2D eigenvalue weighted by Crippen LogP contribution is 2.30. The van der Waals surface area contributed by atoms with Crippen LogP contribution in [-0.2, 0) is 6.18 Å². The second kappa shape index (κ2) is 6.36. The first-order chi connectivity index (χ1) is 9.80. The van der Waals surface area contributed by atoms with Gasteiger partial charge < -0.3 is 10.4 Å². The Bertz CT molecular complexity index is 450. The average Bonchev–Trinajstić information content (AvgIpc) is 2.45. The van der Waals surface area contributed by atoms with Crippen molar-refractivity contribution < 1.29 is 18.3 Å². The lowest BCUT2D eigenvalue weighted by Gasteiger charge is -2.33. The van der Waals surface area contributed by atoms with Gasteiger partial charge in [-0.2, -0.15) is 13.2 Å².